The van der Waals surface area contributed by atoms with E-state index in [1.165, 1.54) is 0 Å². The maximum absolute atomic E-state index is 12.8. The first-order valence-electron chi connectivity index (χ1n) is 9.94. The third kappa shape index (κ3) is 3.09. The normalized spacial score (nSPS) is 21.4. The summed E-state index contributed by atoms with van der Waals surface area (Å²) in [5.74, 6) is -0.0555. The molecule has 8 heteroatoms. The highest BCUT2D eigenvalue weighted by Crippen LogP contribution is 2.43. The summed E-state index contributed by atoms with van der Waals surface area (Å²) in [6.07, 6.45) is 1.95. The van der Waals surface area contributed by atoms with Gasteiger partial charge in [-0.2, -0.15) is 0 Å². The van der Waals surface area contributed by atoms with Gasteiger partial charge in [-0.15, -0.1) is 0 Å². The van der Waals surface area contributed by atoms with Crippen molar-refractivity contribution in [3.05, 3.63) is 67.5 Å². The number of rotatable bonds is 2. The van der Waals surface area contributed by atoms with Crippen LogP contribution < -0.4 is 21.5 Å². The van der Waals surface area contributed by atoms with E-state index in [0.29, 0.717) is 36.6 Å². The summed E-state index contributed by atoms with van der Waals surface area (Å²) in [7, 11) is 0. The Labute approximate surface area is 166 Å². The number of hydrogen-bond acceptors (Lipinski definition) is 6. The molecule has 1 fully saturated rings. The molecule has 150 valence electrons. The predicted molar refractivity (Wildman–Crippen MR) is 109 cm³/mol. The second-order valence-corrected chi connectivity index (χ2v) is 7.61. The summed E-state index contributed by atoms with van der Waals surface area (Å²) in [6.45, 7) is 3.09. The van der Waals surface area contributed by atoms with E-state index in [2.05, 4.69) is 20.2 Å². The Hall–Kier alpha value is -3.13. The Kier molecular flexibility index (Phi) is 4.35. The van der Waals surface area contributed by atoms with Crippen LogP contribution in [-0.2, 0) is 9.53 Å². The number of hydrogen-bond donors (Lipinski definition) is 3. The van der Waals surface area contributed by atoms with E-state index in [9.17, 15) is 14.4 Å². The lowest BCUT2D eigenvalue weighted by Crippen LogP contribution is -2.36. The Morgan fingerprint density at radius 2 is 1.72 bits per heavy atom. The molecule has 0 bridgehead atoms. The van der Waals surface area contributed by atoms with Crippen LogP contribution in [0.25, 0.3) is 0 Å². The largest absolute Gasteiger partial charge is 0.378 e. The van der Waals surface area contributed by atoms with Gasteiger partial charge in [0, 0.05) is 42.4 Å². The molecule has 1 aromatic carbocycles. The van der Waals surface area contributed by atoms with Crippen molar-refractivity contribution in [2.45, 2.75) is 25.2 Å². The number of aromatic nitrogens is 2. The van der Waals surface area contributed by atoms with Gasteiger partial charge in [0.1, 0.15) is 5.82 Å². The van der Waals surface area contributed by atoms with Gasteiger partial charge in [-0.1, -0.05) is 12.1 Å². The van der Waals surface area contributed by atoms with Crippen LogP contribution in [0, 0.1) is 0 Å². The van der Waals surface area contributed by atoms with Crippen LogP contribution in [0.3, 0.4) is 0 Å². The minimum absolute atomic E-state index is 0.0530. The number of aromatic amines is 2. The van der Waals surface area contributed by atoms with Gasteiger partial charge in [0.15, 0.2) is 5.78 Å². The van der Waals surface area contributed by atoms with E-state index in [0.717, 1.165) is 42.9 Å². The molecule has 1 saturated heterocycles. The Morgan fingerprint density at radius 3 is 2.48 bits per heavy atom. The molecule has 29 heavy (non-hydrogen) atoms. The first-order valence-corrected chi connectivity index (χ1v) is 9.94. The van der Waals surface area contributed by atoms with Crippen LogP contribution in [0.5, 0.6) is 0 Å². The number of anilines is 2. The molecule has 3 heterocycles. The van der Waals surface area contributed by atoms with Crippen molar-refractivity contribution in [1.82, 2.24) is 9.97 Å². The molecular weight excluding hydrogens is 372 g/mol. The van der Waals surface area contributed by atoms with Crippen molar-refractivity contribution in [1.29, 1.82) is 0 Å². The van der Waals surface area contributed by atoms with Crippen molar-refractivity contribution >= 4 is 17.3 Å². The topological polar surface area (TPSA) is 107 Å². The van der Waals surface area contributed by atoms with E-state index in [1.54, 1.807) is 0 Å². The van der Waals surface area contributed by atoms with Crippen molar-refractivity contribution in [2.75, 3.05) is 36.5 Å². The molecule has 1 aromatic heterocycles. The lowest BCUT2D eigenvalue weighted by atomic mass is 9.76. The van der Waals surface area contributed by atoms with Crippen molar-refractivity contribution in [2.24, 2.45) is 0 Å². The molecule has 5 rings (SSSR count). The highest BCUT2D eigenvalue weighted by molar-refractivity contribution is 6.00. The summed E-state index contributed by atoms with van der Waals surface area (Å²) >= 11 is 0. The molecule has 0 unspecified atom stereocenters. The number of allylic oxidation sites excluding steroid dienone is 2. The SMILES string of the molecule is O=C1CCCC2=C1[C@@H](c1ccc(N3CCOCC3)cc1)c1c([nH]c(=O)[nH]c1=O)N2. The molecule has 0 radical (unpaired) electrons. The molecule has 0 saturated carbocycles. The summed E-state index contributed by atoms with van der Waals surface area (Å²) in [5.41, 5.74) is 2.75. The van der Waals surface area contributed by atoms with Crippen molar-refractivity contribution in [3.8, 4) is 0 Å². The number of carbonyl (C=O) groups is 1. The number of ether oxygens (including phenoxy) is 1. The fraction of sp³-hybridized carbons (Fsp3) is 0.381. The van der Waals surface area contributed by atoms with Gasteiger partial charge >= 0.3 is 5.69 Å². The predicted octanol–water partition coefficient (Wildman–Crippen LogP) is 1.46. The number of nitrogens with zero attached hydrogens (tertiary/aromatic N) is 1. The van der Waals surface area contributed by atoms with Crippen LogP contribution in [0.4, 0.5) is 11.5 Å². The van der Waals surface area contributed by atoms with Crippen LogP contribution in [0.1, 0.15) is 36.3 Å². The number of ketones is 1. The second kappa shape index (κ2) is 7.04. The molecule has 2 aromatic rings. The number of H-pyrrole nitrogens is 2. The molecular formula is C21H22N4O4. The Bertz CT molecular complexity index is 1110. The number of benzene rings is 1. The standard InChI is InChI=1S/C21H22N4O4/c26-15-3-1-2-14-17(15)16(18-19(22-14)23-21(28)24-20(18)27)12-4-6-13(7-5-12)25-8-10-29-11-9-25/h4-7,16H,1-3,8-11H2,(H3,22,23,24,27,28)/t16-/m1/s1. The van der Waals surface area contributed by atoms with Gasteiger partial charge in [0.25, 0.3) is 5.56 Å². The Balaban J connectivity index is 1.62. The average Bonchev–Trinajstić information content (AvgIpc) is 2.73. The number of nitrogens with one attached hydrogen (secondary N) is 3. The van der Waals surface area contributed by atoms with Gasteiger partial charge in [-0.05, 0) is 30.5 Å². The molecule has 3 aliphatic rings. The lowest BCUT2D eigenvalue weighted by Gasteiger charge is -2.33. The number of morpholine rings is 1. The zero-order chi connectivity index (χ0) is 20.0. The quantitative estimate of drug-likeness (QED) is 0.712. The van der Waals surface area contributed by atoms with Crippen LogP contribution in [0.15, 0.2) is 45.1 Å². The highest BCUT2D eigenvalue weighted by atomic mass is 16.5. The van der Waals surface area contributed by atoms with Crippen molar-refractivity contribution in [3.63, 3.8) is 0 Å². The first kappa shape index (κ1) is 17.9. The monoisotopic (exact) mass is 394 g/mol. The van der Waals surface area contributed by atoms with Gasteiger partial charge < -0.3 is 15.0 Å². The van der Waals surface area contributed by atoms with Crippen LogP contribution >= 0.6 is 0 Å². The Morgan fingerprint density at radius 1 is 0.966 bits per heavy atom. The third-order valence-corrected chi connectivity index (χ3v) is 5.89. The minimum atomic E-state index is -0.561. The smallest absolute Gasteiger partial charge is 0.327 e. The molecule has 0 amide bonds. The zero-order valence-electron chi connectivity index (χ0n) is 15.9. The number of fused-ring (bicyclic) bond motifs is 1. The zero-order valence-corrected chi connectivity index (χ0v) is 15.9. The second-order valence-electron chi connectivity index (χ2n) is 7.61. The van der Waals surface area contributed by atoms with Crippen LogP contribution in [0.2, 0.25) is 0 Å². The fourth-order valence-electron chi connectivity index (χ4n) is 4.53. The molecule has 3 N–H and O–H groups in total. The maximum Gasteiger partial charge on any atom is 0.327 e. The molecule has 8 nitrogen and oxygen atoms in total. The number of Topliss-reactive ketones (excluding diaryl/α,β-unsaturated/α-hetero) is 1. The minimum Gasteiger partial charge on any atom is -0.378 e. The van der Waals surface area contributed by atoms with Crippen molar-refractivity contribution < 1.29 is 9.53 Å². The van der Waals surface area contributed by atoms with Gasteiger partial charge in [-0.3, -0.25) is 19.6 Å². The summed E-state index contributed by atoms with van der Waals surface area (Å²) in [6, 6.07) is 7.99. The average molecular weight is 394 g/mol. The summed E-state index contributed by atoms with van der Waals surface area (Å²) < 4.78 is 5.41. The van der Waals surface area contributed by atoms with E-state index >= 15 is 0 Å². The van der Waals surface area contributed by atoms with Crippen LogP contribution in [-0.4, -0.2) is 42.1 Å². The van der Waals surface area contributed by atoms with Gasteiger partial charge in [0.05, 0.1) is 18.8 Å². The van der Waals surface area contributed by atoms with E-state index < -0.39 is 17.2 Å². The highest BCUT2D eigenvalue weighted by Gasteiger charge is 2.37. The third-order valence-electron chi connectivity index (χ3n) is 5.89. The van der Waals surface area contributed by atoms with Gasteiger partial charge in [0.2, 0.25) is 0 Å². The molecule has 2 aliphatic heterocycles. The molecule has 1 aliphatic carbocycles. The van der Waals surface area contributed by atoms with E-state index in [-0.39, 0.29) is 5.78 Å². The number of carbonyl (C=O) groups excluding carboxylic acids is 1. The molecule has 0 spiro atoms. The maximum atomic E-state index is 12.8. The first-order chi connectivity index (χ1) is 14.1. The molecule has 1 atom stereocenters. The lowest BCUT2D eigenvalue weighted by molar-refractivity contribution is -0.116. The summed E-state index contributed by atoms with van der Waals surface area (Å²) in [4.78, 5) is 44.6. The summed E-state index contributed by atoms with van der Waals surface area (Å²) in [5, 5.41) is 3.13. The van der Waals surface area contributed by atoms with Gasteiger partial charge in [-0.25, -0.2) is 4.79 Å². The fourth-order valence-corrected chi connectivity index (χ4v) is 4.53. The van der Waals surface area contributed by atoms with E-state index in [1.807, 2.05) is 24.3 Å². The van der Waals surface area contributed by atoms with E-state index in [4.69, 9.17) is 4.74 Å².